The van der Waals surface area contributed by atoms with Crippen LogP contribution in [0.2, 0.25) is 0 Å². The van der Waals surface area contributed by atoms with Crippen LogP contribution < -0.4 is 0 Å². The number of aromatic nitrogens is 4. The summed E-state index contributed by atoms with van der Waals surface area (Å²) in [6.45, 7) is 3.96. The van der Waals surface area contributed by atoms with Crippen molar-refractivity contribution in [3.05, 3.63) is 65.2 Å². The van der Waals surface area contributed by atoms with Crippen molar-refractivity contribution >= 4 is 39.8 Å². The van der Waals surface area contributed by atoms with Gasteiger partial charge in [0.2, 0.25) is 0 Å². The number of aryl methyl sites for hydroxylation is 1. The lowest BCUT2D eigenvalue weighted by atomic mass is 10.2. The summed E-state index contributed by atoms with van der Waals surface area (Å²) >= 11 is 3.01. The van der Waals surface area contributed by atoms with Gasteiger partial charge in [0.05, 0.1) is 11.3 Å². The fourth-order valence-electron chi connectivity index (χ4n) is 2.97. The van der Waals surface area contributed by atoms with Crippen molar-refractivity contribution in [2.45, 2.75) is 18.9 Å². The third kappa shape index (κ3) is 3.04. The van der Waals surface area contributed by atoms with E-state index in [-0.39, 0.29) is 5.78 Å². The number of benzene rings is 1. The predicted molar refractivity (Wildman–Crippen MR) is 106 cm³/mol. The Hall–Kier alpha value is -2.51. The molecule has 1 aromatic carbocycles. The fraction of sp³-hybridized carbons (Fsp3) is 0.158. The standard InChI is InChI=1S/C19H16N4OS2/c1-12-9-15(13(2)23(12)19-20-7-8-25-19)17(24)10-26-18-14-5-3-4-6-16(14)21-11-22-18/h3-9,11H,10H2,1-2H3. The van der Waals surface area contributed by atoms with Crippen LogP contribution in [0, 0.1) is 13.8 Å². The van der Waals surface area contributed by atoms with Gasteiger partial charge in [0.25, 0.3) is 0 Å². The van der Waals surface area contributed by atoms with E-state index < -0.39 is 0 Å². The van der Waals surface area contributed by atoms with Crippen molar-refractivity contribution in [1.82, 2.24) is 19.5 Å². The molecule has 0 radical (unpaired) electrons. The quantitative estimate of drug-likeness (QED) is 0.290. The SMILES string of the molecule is Cc1cc(C(=O)CSc2ncnc3ccccc23)c(C)n1-c1nccs1. The molecule has 0 spiro atoms. The van der Waals surface area contributed by atoms with E-state index in [1.165, 1.54) is 11.8 Å². The number of fused-ring (bicyclic) bond motifs is 1. The topological polar surface area (TPSA) is 60.7 Å². The Morgan fingerprint density at radius 3 is 2.85 bits per heavy atom. The summed E-state index contributed by atoms with van der Waals surface area (Å²) in [4.78, 5) is 25.8. The highest BCUT2D eigenvalue weighted by molar-refractivity contribution is 8.00. The number of nitrogens with zero attached hydrogens (tertiary/aromatic N) is 4. The van der Waals surface area contributed by atoms with E-state index in [2.05, 4.69) is 15.0 Å². The van der Waals surface area contributed by atoms with E-state index in [1.807, 2.05) is 54.1 Å². The molecule has 0 aliphatic heterocycles. The van der Waals surface area contributed by atoms with Crippen LogP contribution >= 0.6 is 23.1 Å². The van der Waals surface area contributed by atoms with E-state index in [0.29, 0.717) is 5.75 Å². The maximum atomic E-state index is 12.8. The van der Waals surface area contributed by atoms with Crippen molar-refractivity contribution in [1.29, 1.82) is 0 Å². The highest BCUT2D eigenvalue weighted by atomic mass is 32.2. The lowest BCUT2D eigenvalue weighted by molar-refractivity contribution is 0.102. The normalized spacial score (nSPS) is 11.2. The molecule has 3 heterocycles. The average Bonchev–Trinajstić information content (AvgIpc) is 3.27. The van der Waals surface area contributed by atoms with Crippen LogP contribution in [-0.4, -0.2) is 31.1 Å². The van der Waals surface area contributed by atoms with Crippen LogP contribution in [0.15, 0.2) is 53.3 Å². The van der Waals surface area contributed by atoms with E-state index in [1.54, 1.807) is 23.9 Å². The van der Waals surface area contributed by atoms with E-state index in [0.717, 1.165) is 38.0 Å². The first-order chi connectivity index (χ1) is 12.6. The number of thiazole rings is 1. The largest absolute Gasteiger partial charge is 0.294 e. The van der Waals surface area contributed by atoms with Crippen LogP contribution in [0.25, 0.3) is 16.0 Å². The van der Waals surface area contributed by atoms with Gasteiger partial charge in [0.1, 0.15) is 11.4 Å². The summed E-state index contributed by atoms with van der Waals surface area (Å²) in [5.74, 6) is 0.428. The first kappa shape index (κ1) is 16.9. The zero-order valence-corrected chi connectivity index (χ0v) is 16.0. The summed E-state index contributed by atoms with van der Waals surface area (Å²) in [5, 5.41) is 4.62. The maximum Gasteiger partial charge on any atom is 0.193 e. The first-order valence-corrected chi connectivity index (χ1v) is 9.96. The minimum Gasteiger partial charge on any atom is -0.294 e. The highest BCUT2D eigenvalue weighted by Gasteiger charge is 2.18. The number of rotatable bonds is 5. The van der Waals surface area contributed by atoms with Crippen LogP contribution in [0.1, 0.15) is 21.7 Å². The molecule has 0 saturated carbocycles. The van der Waals surface area contributed by atoms with Gasteiger partial charge in [-0.15, -0.1) is 11.3 Å². The monoisotopic (exact) mass is 380 g/mol. The number of thioether (sulfide) groups is 1. The molecule has 3 aromatic heterocycles. The summed E-state index contributed by atoms with van der Waals surface area (Å²) in [6, 6.07) is 9.78. The Balaban J connectivity index is 1.58. The zero-order valence-electron chi connectivity index (χ0n) is 14.3. The Morgan fingerprint density at radius 2 is 2.04 bits per heavy atom. The molecule has 4 rings (SSSR count). The molecule has 4 aromatic rings. The molecule has 7 heteroatoms. The summed E-state index contributed by atoms with van der Waals surface area (Å²) in [5.41, 5.74) is 3.57. The zero-order chi connectivity index (χ0) is 18.1. The van der Waals surface area contributed by atoms with E-state index in [4.69, 9.17) is 0 Å². The highest BCUT2D eigenvalue weighted by Crippen LogP contribution is 2.27. The number of carbonyl (C=O) groups is 1. The number of hydrogen-bond acceptors (Lipinski definition) is 6. The van der Waals surface area contributed by atoms with Crippen LogP contribution in [0.4, 0.5) is 0 Å². The van der Waals surface area contributed by atoms with Crippen molar-refractivity contribution in [2.75, 3.05) is 5.75 Å². The smallest absolute Gasteiger partial charge is 0.193 e. The molecule has 5 nitrogen and oxygen atoms in total. The van der Waals surface area contributed by atoms with Crippen molar-refractivity contribution < 1.29 is 4.79 Å². The molecule has 0 bridgehead atoms. The molecule has 0 unspecified atom stereocenters. The molecule has 0 fully saturated rings. The minimum atomic E-state index is 0.0913. The molecule has 26 heavy (non-hydrogen) atoms. The molecule has 0 amide bonds. The third-order valence-electron chi connectivity index (χ3n) is 4.19. The van der Waals surface area contributed by atoms with Gasteiger partial charge in [-0.2, -0.15) is 0 Å². The number of para-hydroxylation sites is 1. The molecular weight excluding hydrogens is 364 g/mol. The Morgan fingerprint density at radius 1 is 1.19 bits per heavy atom. The molecule has 0 aliphatic rings. The second-order valence-corrected chi connectivity index (χ2v) is 7.68. The summed E-state index contributed by atoms with van der Waals surface area (Å²) < 4.78 is 2.03. The van der Waals surface area contributed by atoms with E-state index in [9.17, 15) is 4.79 Å². The van der Waals surface area contributed by atoms with Crippen LogP contribution in [0.3, 0.4) is 0 Å². The number of hydrogen-bond donors (Lipinski definition) is 0. The Bertz CT molecular complexity index is 1080. The first-order valence-electron chi connectivity index (χ1n) is 8.09. The van der Waals surface area contributed by atoms with Crippen LogP contribution in [-0.2, 0) is 0 Å². The molecular formula is C19H16N4OS2. The number of ketones is 1. The molecule has 0 aliphatic carbocycles. The van der Waals surface area contributed by atoms with Gasteiger partial charge in [-0.25, -0.2) is 15.0 Å². The van der Waals surface area contributed by atoms with Gasteiger partial charge in [0.15, 0.2) is 10.9 Å². The average molecular weight is 380 g/mol. The second kappa shape index (κ2) is 7.01. The number of carbonyl (C=O) groups excluding carboxylic acids is 1. The third-order valence-corrected chi connectivity index (χ3v) is 5.95. The van der Waals surface area contributed by atoms with Gasteiger partial charge in [-0.05, 0) is 26.0 Å². The fourth-order valence-corrected chi connectivity index (χ4v) is 4.60. The van der Waals surface area contributed by atoms with Crippen molar-refractivity contribution in [2.24, 2.45) is 0 Å². The molecule has 0 saturated heterocycles. The summed E-state index contributed by atoms with van der Waals surface area (Å²) in [6.07, 6.45) is 3.32. The van der Waals surface area contributed by atoms with Crippen molar-refractivity contribution in [3.8, 4) is 5.13 Å². The van der Waals surface area contributed by atoms with Crippen molar-refractivity contribution in [3.63, 3.8) is 0 Å². The van der Waals surface area contributed by atoms with Gasteiger partial charge in [-0.1, -0.05) is 30.0 Å². The lowest BCUT2D eigenvalue weighted by Gasteiger charge is -2.06. The molecule has 0 N–H and O–H groups in total. The predicted octanol–water partition coefficient (Wildman–Crippen LogP) is 4.47. The van der Waals surface area contributed by atoms with Gasteiger partial charge in [-0.3, -0.25) is 9.36 Å². The van der Waals surface area contributed by atoms with Crippen LogP contribution in [0.5, 0.6) is 0 Å². The minimum absolute atomic E-state index is 0.0913. The summed E-state index contributed by atoms with van der Waals surface area (Å²) in [7, 11) is 0. The molecule has 130 valence electrons. The lowest BCUT2D eigenvalue weighted by Crippen LogP contribution is -2.05. The molecule has 0 atom stereocenters. The second-order valence-electron chi connectivity index (χ2n) is 5.84. The van der Waals surface area contributed by atoms with Gasteiger partial charge >= 0.3 is 0 Å². The van der Waals surface area contributed by atoms with Gasteiger partial charge < -0.3 is 0 Å². The Labute approximate surface area is 159 Å². The maximum absolute atomic E-state index is 12.8. The Kier molecular flexibility index (Phi) is 4.57. The van der Waals surface area contributed by atoms with Gasteiger partial charge in [0, 0.05) is 33.9 Å². The number of Topliss-reactive ketones (excluding diaryl/α,β-unsaturated/α-hetero) is 1. The van der Waals surface area contributed by atoms with E-state index >= 15 is 0 Å².